The van der Waals surface area contributed by atoms with Crippen molar-refractivity contribution >= 4 is 45.8 Å². The fraction of sp³-hybridized carbons (Fsp3) is 0.605. The third kappa shape index (κ3) is 7.49. The molecule has 3 saturated carbocycles. The van der Waals surface area contributed by atoms with Crippen molar-refractivity contribution in [1.29, 1.82) is 0 Å². The number of hydrogen-bond donors (Lipinski definition) is 3. The van der Waals surface area contributed by atoms with E-state index in [4.69, 9.17) is 4.74 Å². The summed E-state index contributed by atoms with van der Waals surface area (Å²) in [5, 5.41) is 5.19. The second-order valence-corrected chi connectivity index (χ2v) is 17.3. The second kappa shape index (κ2) is 14.7. The number of allylic oxidation sites excluding steroid dienone is 1. The van der Waals surface area contributed by atoms with Crippen LogP contribution >= 0.6 is 0 Å². The smallest absolute Gasteiger partial charge is 0.410 e. The normalized spacial score (nSPS) is 30.7. The molecule has 3 N–H and O–H groups in total. The largest absolute Gasteiger partial charge is 0.444 e. The van der Waals surface area contributed by atoms with E-state index < -0.39 is 68.7 Å². The number of rotatable bonds is 7. The van der Waals surface area contributed by atoms with Crippen LogP contribution in [0.5, 0.6) is 0 Å². The van der Waals surface area contributed by atoms with Gasteiger partial charge in [-0.25, -0.2) is 13.2 Å². The van der Waals surface area contributed by atoms with Gasteiger partial charge in [-0.3, -0.25) is 28.8 Å². The van der Waals surface area contributed by atoms with Gasteiger partial charge in [0.1, 0.15) is 23.7 Å². The van der Waals surface area contributed by atoms with E-state index in [0.717, 1.165) is 61.6 Å². The number of fused-ring (bicyclic) bond motifs is 3. The third-order valence-electron chi connectivity index (χ3n) is 11.7. The molecule has 3 heterocycles. The molecule has 0 spiro atoms. The molecule has 0 aromatic heterocycles. The van der Waals surface area contributed by atoms with Crippen LogP contribution in [0.25, 0.3) is 6.08 Å². The number of nitrogens with one attached hydrogen (secondary N) is 3. The number of sulfonamides is 1. The van der Waals surface area contributed by atoms with Crippen molar-refractivity contribution in [3.05, 3.63) is 53.6 Å². The van der Waals surface area contributed by atoms with Crippen LogP contribution in [0.4, 0.5) is 4.79 Å². The van der Waals surface area contributed by atoms with Gasteiger partial charge >= 0.3 is 6.09 Å². The number of carbonyl (C=O) groups is 5. The first kappa shape index (κ1) is 36.2. The lowest BCUT2D eigenvalue weighted by Gasteiger charge is -2.35. The Morgan fingerprint density at radius 1 is 1.02 bits per heavy atom. The molecular formula is C38H49N5O8S. The molecule has 1 aromatic rings. The van der Waals surface area contributed by atoms with E-state index in [2.05, 4.69) is 34.1 Å². The number of hydrogen-bond acceptors (Lipinski definition) is 8. The first-order valence-electron chi connectivity index (χ1n) is 18.8. The Balaban J connectivity index is 1.16. The maximum absolute atomic E-state index is 14.6. The quantitative estimate of drug-likeness (QED) is 0.358. The highest BCUT2D eigenvalue weighted by molar-refractivity contribution is 7.91. The first-order valence-corrected chi connectivity index (χ1v) is 20.4. The molecule has 3 aliphatic heterocycles. The molecule has 3 aliphatic carbocycles. The van der Waals surface area contributed by atoms with Crippen LogP contribution < -0.4 is 15.4 Å². The highest BCUT2D eigenvalue weighted by atomic mass is 32.2. The lowest BCUT2D eigenvalue weighted by atomic mass is 9.83. The van der Waals surface area contributed by atoms with Gasteiger partial charge in [-0.15, -0.1) is 6.58 Å². The fourth-order valence-corrected chi connectivity index (χ4v) is 9.74. The van der Waals surface area contributed by atoms with Crippen LogP contribution in [-0.2, 0) is 47.0 Å². The molecule has 4 bridgehead atoms. The molecule has 1 aromatic carbocycles. The van der Waals surface area contributed by atoms with Gasteiger partial charge in [0.2, 0.25) is 27.7 Å². The Hall–Kier alpha value is -4.20. The zero-order valence-electron chi connectivity index (χ0n) is 29.5. The zero-order valence-corrected chi connectivity index (χ0v) is 30.3. The average molecular weight is 736 g/mol. The molecule has 6 aliphatic rings. The Labute approximate surface area is 305 Å². The van der Waals surface area contributed by atoms with Crippen LogP contribution in [0.2, 0.25) is 0 Å². The summed E-state index contributed by atoms with van der Waals surface area (Å²) in [5.41, 5.74) is 1.54. The summed E-state index contributed by atoms with van der Waals surface area (Å²) < 4.78 is 33.6. The molecule has 7 rings (SSSR count). The fourth-order valence-electron chi connectivity index (χ4n) is 8.38. The Kier molecular flexibility index (Phi) is 10.2. The third-order valence-corrected chi connectivity index (χ3v) is 13.5. The molecule has 52 heavy (non-hydrogen) atoms. The van der Waals surface area contributed by atoms with E-state index >= 15 is 0 Å². The molecule has 0 radical (unpaired) electrons. The van der Waals surface area contributed by atoms with Gasteiger partial charge in [-0.2, -0.15) is 0 Å². The standard InChI is InChI=1S/C38H49N5O8S/c1-2-27-20-38(27,36(47)41-52(49,50)29-17-18-29)40-34(45)31-19-28-22-43(31)35(46)33(25-12-7-5-8-13-25)39-32(44)16-9-4-3-6-11-24-14-10-15-26-21-42(23-30(24)26)37(48)51-28/h2,6,10-11,14-15,25,27-29,31,33H,1,3-5,7-9,12-13,16-23H2,(H,39,44)(H,40,45)(H,41,47)/b11-6+/t27-,28-,31+,33+,38+/m1/s1. The van der Waals surface area contributed by atoms with Crippen molar-refractivity contribution in [3.8, 4) is 0 Å². The van der Waals surface area contributed by atoms with Crippen LogP contribution in [0.1, 0.15) is 100 Å². The SMILES string of the molecule is C=C[C@@H]1C[C@@]1(NC(=O)[C@@H]1C[C@@H]2CN1C(=O)[C@H](C1CCCCC1)NC(=O)CCCC/C=C/c1cccc3c1CN(C3)C(=O)O2)C(=O)NS(=O)(=O)C1CC1. The van der Waals surface area contributed by atoms with E-state index in [1.54, 1.807) is 4.90 Å². The van der Waals surface area contributed by atoms with Crippen LogP contribution in [-0.4, -0.2) is 83.5 Å². The van der Waals surface area contributed by atoms with Crippen molar-refractivity contribution < 1.29 is 37.1 Å². The predicted octanol–water partition coefficient (Wildman–Crippen LogP) is 3.43. The molecule has 13 nitrogen and oxygen atoms in total. The second-order valence-electron chi connectivity index (χ2n) is 15.4. The topological polar surface area (TPSA) is 171 Å². The Bertz CT molecular complexity index is 1770. The van der Waals surface area contributed by atoms with Gasteiger partial charge < -0.3 is 20.3 Å². The van der Waals surface area contributed by atoms with Gasteiger partial charge in [-0.05, 0) is 74.0 Å². The minimum absolute atomic E-state index is 0.0275. The van der Waals surface area contributed by atoms with E-state index in [0.29, 0.717) is 32.4 Å². The number of amides is 5. The zero-order chi connectivity index (χ0) is 36.6. The summed E-state index contributed by atoms with van der Waals surface area (Å²) >= 11 is 0. The number of carbonyl (C=O) groups excluding carboxylic acids is 5. The van der Waals surface area contributed by atoms with Gasteiger partial charge in [-0.1, -0.05) is 55.7 Å². The molecular weight excluding hydrogens is 687 g/mol. The summed E-state index contributed by atoms with van der Waals surface area (Å²) in [6.45, 7) is 4.44. The van der Waals surface area contributed by atoms with E-state index in [-0.39, 0.29) is 37.6 Å². The highest BCUT2D eigenvalue weighted by Crippen LogP contribution is 2.45. The van der Waals surface area contributed by atoms with Crippen molar-refractivity contribution in [3.63, 3.8) is 0 Å². The summed E-state index contributed by atoms with van der Waals surface area (Å²) in [7, 11) is -3.89. The molecule has 280 valence electrons. The van der Waals surface area contributed by atoms with Gasteiger partial charge in [0.05, 0.1) is 18.3 Å². The summed E-state index contributed by atoms with van der Waals surface area (Å²) in [6.07, 6.45) is 12.2. The molecule has 14 heteroatoms. The molecule has 4 fully saturated rings. The summed E-state index contributed by atoms with van der Waals surface area (Å²) in [4.78, 5) is 72.3. The van der Waals surface area contributed by atoms with Gasteiger partial charge in [0.25, 0.3) is 5.91 Å². The van der Waals surface area contributed by atoms with E-state index in [1.165, 1.54) is 11.0 Å². The van der Waals surface area contributed by atoms with Crippen molar-refractivity contribution in [2.75, 3.05) is 6.54 Å². The summed E-state index contributed by atoms with van der Waals surface area (Å²) in [5.74, 6) is -2.78. The van der Waals surface area contributed by atoms with Gasteiger partial charge in [0, 0.05) is 25.3 Å². The highest BCUT2D eigenvalue weighted by Gasteiger charge is 2.62. The lowest BCUT2D eigenvalue weighted by Crippen LogP contribution is -2.59. The Morgan fingerprint density at radius 2 is 1.81 bits per heavy atom. The van der Waals surface area contributed by atoms with E-state index in [9.17, 15) is 32.4 Å². The monoisotopic (exact) mass is 735 g/mol. The average Bonchev–Trinajstić information content (AvgIpc) is 4.02. The predicted molar refractivity (Wildman–Crippen MR) is 191 cm³/mol. The van der Waals surface area contributed by atoms with E-state index in [1.807, 2.05) is 18.2 Å². The molecule has 5 atom stereocenters. The maximum Gasteiger partial charge on any atom is 0.410 e. The minimum Gasteiger partial charge on any atom is -0.444 e. The van der Waals surface area contributed by atoms with Crippen LogP contribution in [0.15, 0.2) is 36.9 Å². The summed E-state index contributed by atoms with van der Waals surface area (Å²) in [6, 6.07) is 3.96. The Morgan fingerprint density at radius 3 is 2.54 bits per heavy atom. The van der Waals surface area contributed by atoms with Crippen LogP contribution in [0.3, 0.4) is 0 Å². The minimum atomic E-state index is -3.89. The van der Waals surface area contributed by atoms with Crippen molar-refractivity contribution in [2.45, 2.75) is 126 Å². The number of ether oxygens (including phenoxy) is 1. The molecule has 1 saturated heterocycles. The maximum atomic E-state index is 14.6. The first-order chi connectivity index (χ1) is 25.0. The van der Waals surface area contributed by atoms with Crippen LogP contribution in [0, 0.1) is 11.8 Å². The van der Waals surface area contributed by atoms with Gasteiger partial charge in [0.15, 0.2) is 0 Å². The van der Waals surface area contributed by atoms with Crippen molar-refractivity contribution in [1.82, 2.24) is 25.2 Å². The number of benzene rings is 1. The lowest BCUT2D eigenvalue weighted by molar-refractivity contribution is -0.143. The molecule has 0 unspecified atom stereocenters. The number of nitrogens with zero attached hydrogens (tertiary/aromatic N) is 2. The molecule has 5 amide bonds. The van der Waals surface area contributed by atoms with Crippen molar-refractivity contribution in [2.24, 2.45) is 11.8 Å².